The van der Waals surface area contributed by atoms with Crippen LogP contribution < -0.4 is 10.2 Å². The van der Waals surface area contributed by atoms with Gasteiger partial charge in [-0.05, 0) is 43.0 Å². The summed E-state index contributed by atoms with van der Waals surface area (Å²) < 4.78 is 4.62. The summed E-state index contributed by atoms with van der Waals surface area (Å²) in [5.41, 5.74) is 1.19. The average molecular weight is 487 g/mol. The lowest BCUT2D eigenvalue weighted by atomic mass is 9.89. The molecule has 1 N–H and O–H groups in total. The summed E-state index contributed by atoms with van der Waals surface area (Å²) in [5.74, 6) is 0.0809. The predicted molar refractivity (Wildman–Crippen MR) is 131 cm³/mol. The van der Waals surface area contributed by atoms with Crippen LogP contribution in [0, 0.1) is 5.92 Å². The van der Waals surface area contributed by atoms with Gasteiger partial charge in [0.05, 0.1) is 22.6 Å². The number of rotatable bonds is 6. The van der Waals surface area contributed by atoms with E-state index in [1.807, 2.05) is 23.1 Å². The van der Waals surface area contributed by atoms with Gasteiger partial charge in [-0.3, -0.25) is 19.3 Å². The van der Waals surface area contributed by atoms with Crippen molar-refractivity contribution in [1.82, 2.24) is 15.2 Å². The van der Waals surface area contributed by atoms with E-state index in [9.17, 15) is 14.4 Å². The van der Waals surface area contributed by atoms with Crippen molar-refractivity contribution in [2.75, 3.05) is 44.2 Å². The van der Waals surface area contributed by atoms with Crippen molar-refractivity contribution in [3.63, 3.8) is 0 Å². The van der Waals surface area contributed by atoms with Crippen molar-refractivity contribution < 1.29 is 19.1 Å². The molecule has 1 aromatic carbocycles. The molecule has 9 heteroatoms. The monoisotopic (exact) mass is 486 g/mol. The summed E-state index contributed by atoms with van der Waals surface area (Å²) in [4.78, 5) is 44.5. The van der Waals surface area contributed by atoms with Crippen molar-refractivity contribution in [1.29, 1.82) is 0 Å². The van der Waals surface area contributed by atoms with Gasteiger partial charge in [-0.1, -0.05) is 30.9 Å². The second kappa shape index (κ2) is 11.1. The summed E-state index contributed by atoms with van der Waals surface area (Å²) in [6.45, 7) is 4.69. The summed E-state index contributed by atoms with van der Waals surface area (Å²) in [6, 6.07) is 7.40. The highest BCUT2D eigenvalue weighted by atomic mass is 35.5. The number of nitrogens with zero attached hydrogens (tertiary/aromatic N) is 3. The third-order valence-corrected chi connectivity index (χ3v) is 6.93. The summed E-state index contributed by atoms with van der Waals surface area (Å²) in [6.07, 6.45) is 6.09. The minimum atomic E-state index is -0.592. The minimum absolute atomic E-state index is 0.0936. The van der Waals surface area contributed by atoms with Gasteiger partial charge in [0.15, 0.2) is 0 Å². The van der Waals surface area contributed by atoms with Gasteiger partial charge in [0.1, 0.15) is 5.82 Å². The van der Waals surface area contributed by atoms with E-state index < -0.39 is 11.9 Å². The Hall–Kier alpha value is -2.71. The fourth-order valence-corrected chi connectivity index (χ4v) is 5.05. The molecule has 1 aliphatic carbocycles. The van der Waals surface area contributed by atoms with Crippen molar-refractivity contribution in [3.05, 3.63) is 34.9 Å². The first-order valence-corrected chi connectivity index (χ1v) is 12.3. The quantitative estimate of drug-likeness (QED) is 0.494. The highest BCUT2D eigenvalue weighted by molar-refractivity contribution is 6.35. The van der Waals surface area contributed by atoms with E-state index >= 15 is 0 Å². The van der Waals surface area contributed by atoms with E-state index in [-0.39, 0.29) is 12.5 Å². The van der Waals surface area contributed by atoms with Crippen LogP contribution in [0.25, 0.3) is 10.9 Å². The molecule has 0 spiro atoms. The molecule has 0 atom stereocenters. The average Bonchev–Trinajstić information content (AvgIpc) is 2.83. The fourth-order valence-electron chi connectivity index (χ4n) is 4.80. The Balaban J connectivity index is 1.41. The predicted octanol–water partition coefficient (Wildman–Crippen LogP) is 3.41. The Labute approximate surface area is 204 Å². The molecule has 2 heterocycles. The highest BCUT2D eigenvalue weighted by Gasteiger charge is 2.23. The molecule has 0 radical (unpaired) electrons. The molecule has 0 bridgehead atoms. The number of amides is 1. The van der Waals surface area contributed by atoms with Gasteiger partial charge < -0.3 is 15.0 Å². The number of carbonyl (C=O) groups excluding carboxylic acids is 3. The molecule has 1 saturated heterocycles. The zero-order valence-corrected chi connectivity index (χ0v) is 20.3. The lowest BCUT2D eigenvalue weighted by molar-refractivity contribution is -0.158. The normalized spacial score (nSPS) is 17.5. The van der Waals surface area contributed by atoms with Crippen LogP contribution >= 0.6 is 11.6 Å². The van der Waals surface area contributed by atoms with Gasteiger partial charge in [0.25, 0.3) is 5.91 Å². The number of benzene rings is 1. The summed E-state index contributed by atoms with van der Waals surface area (Å²) in [5, 5.41) is 4.25. The Morgan fingerprint density at radius 1 is 1.06 bits per heavy atom. The van der Waals surface area contributed by atoms with Crippen LogP contribution in [0.4, 0.5) is 5.82 Å². The number of halogens is 1. The lowest BCUT2D eigenvalue weighted by Gasteiger charge is -2.34. The molecule has 1 aliphatic heterocycles. The largest absolute Gasteiger partial charge is 0.392 e. The number of hydrogen-bond acceptors (Lipinski definition) is 7. The van der Waals surface area contributed by atoms with Crippen LogP contribution in [0.5, 0.6) is 0 Å². The number of hydrogen-bond donors (Lipinski definition) is 1. The second-order valence-electron chi connectivity index (χ2n) is 9.10. The zero-order valence-electron chi connectivity index (χ0n) is 19.5. The molecule has 1 saturated carbocycles. The van der Waals surface area contributed by atoms with Crippen LogP contribution in [-0.2, 0) is 14.3 Å². The van der Waals surface area contributed by atoms with Crippen LogP contribution in [0.1, 0.15) is 49.4 Å². The maximum atomic E-state index is 13.0. The first kappa shape index (κ1) is 24.4. The summed E-state index contributed by atoms with van der Waals surface area (Å²) in [7, 11) is 0. The van der Waals surface area contributed by atoms with Gasteiger partial charge in [0.2, 0.25) is 0 Å². The van der Waals surface area contributed by atoms with Crippen LogP contribution in [-0.4, -0.2) is 67.0 Å². The van der Waals surface area contributed by atoms with Gasteiger partial charge in [-0.2, -0.15) is 0 Å². The van der Waals surface area contributed by atoms with E-state index in [0.717, 1.165) is 16.7 Å². The number of anilines is 1. The maximum absolute atomic E-state index is 13.0. The van der Waals surface area contributed by atoms with Crippen molar-refractivity contribution in [3.8, 4) is 0 Å². The molecule has 2 aromatic rings. The van der Waals surface area contributed by atoms with E-state index in [1.54, 1.807) is 6.07 Å². The first-order valence-electron chi connectivity index (χ1n) is 12.0. The number of nitrogens with one attached hydrogen (secondary N) is 1. The number of carbonyl (C=O) groups is 3. The number of ether oxygens (including phenoxy) is 1. The van der Waals surface area contributed by atoms with E-state index in [0.29, 0.717) is 49.2 Å². The Morgan fingerprint density at radius 2 is 1.79 bits per heavy atom. The smallest absolute Gasteiger partial charge is 0.327 e. The Morgan fingerprint density at radius 3 is 2.50 bits per heavy atom. The van der Waals surface area contributed by atoms with Gasteiger partial charge in [0, 0.05) is 45.0 Å². The van der Waals surface area contributed by atoms with Crippen LogP contribution in [0.3, 0.4) is 0 Å². The third kappa shape index (κ3) is 6.04. The van der Waals surface area contributed by atoms with Crippen LogP contribution in [0.2, 0.25) is 5.02 Å². The highest BCUT2D eigenvalue weighted by Crippen LogP contribution is 2.28. The second-order valence-corrected chi connectivity index (χ2v) is 9.51. The lowest BCUT2D eigenvalue weighted by Crippen LogP contribution is -2.48. The first-order chi connectivity index (χ1) is 16.4. The zero-order chi connectivity index (χ0) is 24.1. The van der Waals surface area contributed by atoms with Crippen molar-refractivity contribution in [2.45, 2.75) is 39.0 Å². The number of pyridine rings is 1. The van der Waals surface area contributed by atoms with Gasteiger partial charge in [-0.15, -0.1) is 0 Å². The molecule has 2 aliphatic rings. The fraction of sp³-hybridized carbons (Fsp3) is 0.520. The van der Waals surface area contributed by atoms with E-state index in [4.69, 9.17) is 16.6 Å². The molecule has 2 fully saturated rings. The van der Waals surface area contributed by atoms with Gasteiger partial charge in [-0.25, -0.2) is 4.98 Å². The van der Waals surface area contributed by atoms with E-state index in [2.05, 4.69) is 15.0 Å². The third-order valence-electron chi connectivity index (χ3n) is 6.62. The van der Waals surface area contributed by atoms with Crippen molar-refractivity contribution in [2.24, 2.45) is 5.92 Å². The molecule has 1 aromatic heterocycles. The molecule has 182 valence electrons. The topological polar surface area (TPSA) is 91.8 Å². The van der Waals surface area contributed by atoms with Crippen molar-refractivity contribution >= 4 is 46.2 Å². The molecular formula is C25H31ClN4O4. The Kier molecular flexibility index (Phi) is 8.00. The molecule has 8 nitrogen and oxygen atoms in total. The molecule has 0 unspecified atom stereocenters. The summed E-state index contributed by atoms with van der Waals surface area (Å²) >= 11 is 6.43. The molecule has 34 heavy (non-hydrogen) atoms. The standard InChI is InChI=1S/C25H31ClN4O4/c1-17(31)34-23(32)16-29-11-13-30(14-12-29)22-10-7-19-21(28-22)9-8-20(26)24(19)25(33)27-15-18-5-3-2-4-6-18/h7-10,18H,2-6,11-16H2,1H3,(H,27,33). The molecular weight excluding hydrogens is 456 g/mol. The number of piperazine rings is 1. The number of esters is 2. The van der Waals surface area contributed by atoms with E-state index in [1.165, 1.54) is 39.0 Å². The number of aromatic nitrogens is 1. The van der Waals surface area contributed by atoms with Gasteiger partial charge >= 0.3 is 11.9 Å². The van der Waals surface area contributed by atoms with Crippen LogP contribution in [0.15, 0.2) is 24.3 Å². The maximum Gasteiger partial charge on any atom is 0.327 e. The SMILES string of the molecule is CC(=O)OC(=O)CN1CCN(c2ccc3c(C(=O)NCC4CCCCC4)c(Cl)ccc3n2)CC1. The Bertz CT molecular complexity index is 1060. The molecule has 4 rings (SSSR count). The molecule has 1 amide bonds. The number of fused-ring (bicyclic) bond motifs is 1. The minimum Gasteiger partial charge on any atom is -0.392 e.